The maximum atomic E-state index is 11.9. The normalized spacial score (nSPS) is 11.6. The van der Waals surface area contributed by atoms with Crippen LogP contribution < -0.4 is 16.0 Å². The standard InChI is InChI=1S/C18H25N5O.HI/c1-18(2,3)23-16(24)12-22-17(19-4)21-11-13-9-10-20-15-8-6-5-7-14(13)15;/h5-10H,11-12H2,1-4H3,(H,23,24)(H2,19,21,22);1H. The third-order valence-electron chi connectivity index (χ3n) is 3.34. The van der Waals surface area contributed by atoms with Gasteiger partial charge in [-0.2, -0.15) is 0 Å². The Morgan fingerprint density at radius 3 is 2.56 bits per heavy atom. The van der Waals surface area contributed by atoms with E-state index in [9.17, 15) is 4.79 Å². The molecule has 0 spiro atoms. The van der Waals surface area contributed by atoms with Gasteiger partial charge < -0.3 is 16.0 Å². The molecule has 1 heterocycles. The third-order valence-corrected chi connectivity index (χ3v) is 3.34. The monoisotopic (exact) mass is 455 g/mol. The summed E-state index contributed by atoms with van der Waals surface area (Å²) in [6, 6.07) is 9.99. The lowest BCUT2D eigenvalue weighted by Crippen LogP contribution is -2.48. The highest BCUT2D eigenvalue weighted by Crippen LogP contribution is 2.15. The van der Waals surface area contributed by atoms with Crippen LogP contribution in [0.1, 0.15) is 26.3 Å². The molecule has 0 aliphatic heterocycles. The molecule has 25 heavy (non-hydrogen) atoms. The van der Waals surface area contributed by atoms with Crippen molar-refractivity contribution in [3.8, 4) is 0 Å². The van der Waals surface area contributed by atoms with E-state index in [4.69, 9.17) is 0 Å². The smallest absolute Gasteiger partial charge is 0.239 e. The Labute approximate surface area is 165 Å². The summed E-state index contributed by atoms with van der Waals surface area (Å²) in [5, 5.41) is 10.3. The average Bonchev–Trinajstić information content (AvgIpc) is 2.53. The van der Waals surface area contributed by atoms with Crippen LogP contribution in [0.3, 0.4) is 0 Å². The lowest BCUT2D eigenvalue weighted by Gasteiger charge is -2.21. The number of aromatic nitrogens is 1. The molecule has 0 fully saturated rings. The highest BCUT2D eigenvalue weighted by Gasteiger charge is 2.13. The number of rotatable bonds is 4. The molecular formula is C18H26IN5O. The van der Waals surface area contributed by atoms with Gasteiger partial charge in [0, 0.05) is 30.7 Å². The van der Waals surface area contributed by atoms with Crippen LogP contribution in [-0.4, -0.2) is 36.0 Å². The summed E-state index contributed by atoms with van der Waals surface area (Å²) in [6.45, 7) is 6.63. The van der Waals surface area contributed by atoms with Gasteiger partial charge in [-0.05, 0) is 38.5 Å². The van der Waals surface area contributed by atoms with Crippen LogP contribution in [0.5, 0.6) is 0 Å². The summed E-state index contributed by atoms with van der Waals surface area (Å²) in [5.74, 6) is 0.514. The van der Waals surface area contributed by atoms with Gasteiger partial charge in [0.25, 0.3) is 0 Å². The Balaban J connectivity index is 0.00000312. The molecule has 0 aliphatic carbocycles. The Hall–Kier alpha value is -1.90. The van der Waals surface area contributed by atoms with E-state index in [0.29, 0.717) is 12.5 Å². The van der Waals surface area contributed by atoms with Crippen molar-refractivity contribution in [2.75, 3.05) is 13.6 Å². The lowest BCUT2D eigenvalue weighted by atomic mass is 10.1. The Morgan fingerprint density at radius 1 is 1.16 bits per heavy atom. The van der Waals surface area contributed by atoms with Gasteiger partial charge in [-0.15, -0.1) is 24.0 Å². The van der Waals surface area contributed by atoms with Crippen molar-refractivity contribution in [3.63, 3.8) is 0 Å². The van der Waals surface area contributed by atoms with Crippen LogP contribution in [0.25, 0.3) is 10.9 Å². The van der Waals surface area contributed by atoms with Crippen LogP contribution >= 0.6 is 24.0 Å². The van der Waals surface area contributed by atoms with Crippen molar-refractivity contribution in [1.29, 1.82) is 0 Å². The fraction of sp³-hybridized carbons (Fsp3) is 0.389. The van der Waals surface area contributed by atoms with Crippen molar-refractivity contribution in [2.45, 2.75) is 32.9 Å². The zero-order valence-corrected chi connectivity index (χ0v) is 17.4. The second-order valence-corrected chi connectivity index (χ2v) is 6.56. The van der Waals surface area contributed by atoms with Crippen molar-refractivity contribution >= 4 is 46.7 Å². The molecule has 0 aliphatic rings. The number of guanidine groups is 1. The Morgan fingerprint density at radius 2 is 1.88 bits per heavy atom. The number of benzene rings is 1. The number of nitrogens with zero attached hydrogens (tertiary/aromatic N) is 2. The van der Waals surface area contributed by atoms with Gasteiger partial charge in [0.2, 0.25) is 5.91 Å². The van der Waals surface area contributed by atoms with Gasteiger partial charge in [0.15, 0.2) is 5.96 Å². The van der Waals surface area contributed by atoms with Crippen molar-refractivity contribution < 1.29 is 4.79 Å². The summed E-state index contributed by atoms with van der Waals surface area (Å²) in [4.78, 5) is 20.4. The Bertz CT molecular complexity index is 734. The molecule has 7 heteroatoms. The van der Waals surface area contributed by atoms with E-state index in [1.54, 1.807) is 13.2 Å². The zero-order chi connectivity index (χ0) is 17.6. The SMILES string of the molecule is CN=C(NCC(=O)NC(C)(C)C)NCc1ccnc2ccccc12.I. The van der Waals surface area contributed by atoms with E-state index in [1.165, 1.54) is 0 Å². The minimum atomic E-state index is -0.244. The van der Waals surface area contributed by atoms with Gasteiger partial charge in [-0.25, -0.2) is 0 Å². The number of pyridine rings is 1. The molecule has 3 N–H and O–H groups in total. The van der Waals surface area contributed by atoms with E-state index < -0.39 is 0 Å². The predicted octanol–water partition coefficient (Wildman–Crippen LogP) is 2.43. The molecule has 0 saturated heterocycles. The summed E-state index contributed by atoms with van der Waals surface area (Å²) in [5.41, 5.74) is 1.85. The van der Waals surface area contributed by atoms with Crippen molar-refractivity contribution in [2.24, 2.45) is 4.99 Å². The second kappa shape index (κ2) is 9.55. The molecule has 2 rings (SSSR count). The molecule has 2 aromatic rings. The van der Waals surface area contributed by atoms with E-state index in [0.717, 1.165) is 16.5 Å². The molecule has 1 aromatic carbocycles. The molecule has 0 unspecified atom stereocenters. The highest BCUT2D eigenvalue weighted by molar-refractivity contribution is 14.0. The van der Waals surface area contributed by atoms with Crippen LogP contribution in [-0.2, 0) is 11.3 Å². The summed E-state index contributed by atoms with van der Waals surface area (Å²) >= 11 is 0. The quantitative estimate of drug-likeness (QED) is 0.376. The molecule has 1 aromatic heterocycles. The number of fused-ring (bicyclic) bond motifs is 1. The summed E-state index contributed by atoms with van der Waals surface area (Å²) < 4.78 is 0. The fourth-order valence-corrected chi connectivity index (χ4v) is 2.34. The number of amides is 1. The number of halogens is 1. The van der Waals surface area contributed by atoms with Crippen molar-refractivity contribution in [1.82, 2.24) is 20.9 Å². The largest absolute Gasteiger partial charge is 0.352 e. The zero-order valence-electron chi connectivity index (χ0n) is 15.1. The van der Waals surface area contributed by atoms with Gasteiger partial charge in [0.1, 0.15) is 0 Å². The molecule has 6 nitrogen and oxygen atoms in total. The Kier molecular flexibility index (Phi) is 8.08. The van der Waals surface area contributed by atoms with Crippen LogP contribution in [0.15, 0.2) is 41.5 Å². The third kappa shape index (κ3) is 6.85. The second-order valence-electron chi connectivity index (χ2n) is 6.56. The van der Waals surface area contributed by atoms with Gasteiger partial charge in [0.05, 0.1) is 12.1 Å². The number of para-hydroxylation sites is 1. The van der Waals surface area contributed by atoms with Gasteiger partial charge >= 0.3 is 0 Å². The number of aliphatic imine (C=N–C) groups is 1. The molecular weight excluding hydrogens is 429 g/mol. The fourth-order valence-electron chi connectivity index (χ4n) is 2.34. The van der Waals surface area contributed by atoms with Crippen LogP contribution in [0.4, 0.5) is 0 Å². The van der Waals surface area contributed by atoms with E-state index >= 15 is 0 Å². The minimum absolute atomic E-state index is 0. The molecule has 136 valence electrons. The first-order valence-corrected chi connectivity index (χ1v) is 7.97. The number of hydrogen-bond acceptors (Lipinski definition) is 3. The molecule has 0 saturated carbocycles. The number of hydrogen-bond donors (Lipinski definition) is 3. The topological polar surface area (TPSA) is 78.4 Å². The summed E-state index contributed by atoms with van der Waals surface area (Å²) in [6.07, 6.45) is 1.80. The maximum absolute atomic E-state index is 11.9. The average molecular weight is 455 g/mol. The van der Waals surface area contributed by atoms with E-state index in [1.807, 2.05) is 51.1 Å². The number of nitrogens with one attached hydrogen (secondary N) is 3. The van der Waals surface area contributed by atoms with E-state index in [-0.39, 0.29) is 42.0 Å². The first-order chi connectivity index (χ1) is 11.4. The lowest BCUT2D eigenvalue weighted by molar-refractivity contribution is -0.121. The predicted molar refractivity (Wildman–Crippen MR) is 113 cm³/mol. The van der Waals surface area contributed by atoms with Gasteiger partial charge in [-0.1, -0.05) is 18.2 Å². The minimum Gasteiger partial charge on any atom is -0.352 e. The van der Waals surface area contributed by atoms with Gasteiger partial charge in [-0.3, -0.25) is 14.8 Å². The number of carbonyl (C=O) groups is 1. The molecule has 0 bridgehead atoms. The maximum Gasteiger partial charge on any atom is 0.239 e. The van der Waals surface area contributed by atoms with Crippen LogP contribution in [0.2, 0.25) is 0 Å². The molecule has 0 radical (unpaired) electrons. The van der Waals surface area contributed by atoms with Crippen molar-refractivity contribution in [3.05, 3.63) is 42.1 Å². The first-order valence-electron chi connectivity index (χ1n) is 7.97. The highest BCUT2D eigenvalue weighted by atomic mass is 127. The van der Waals surface area contributed by atoms with E-state index in [2.05, 4.69) is 25.9 Å². The molecule has 1 amide bonds. The van der Waals surface area contributed by atoms with Crippen LogP contribution in [0, 0.1) is 0 Å². The number of carbonyl (C=O) groups excluding carboxylic acids is 1. The first kappa shape index (κ1) is 21.1. The molecule has 0 atom stereocenters. The summed E-state index contributed by atoms with van der Waals surface area (Å²) in [7, 11) is 1.68.